The Hall–Kier alpha value is -3.98. The number of ether oxygens (including phenoxy) is 3. The van der Waals surface area contributed by atoms with E-state index in [4.69, 9.17) is 14.2 Å². The smallest absolute Gasteiger partial charge is 0.338 e. The fourth-order valence-electron chi connectivity index (χ4n) is 4.07. The van der Waals surface area contributed by atoms with E-state index in [1.165, 1.54) is 18.4 Å². The Kier molecular flexibility index (Phi) is 7.73. The quantitative estimate of drug-likeness (QED) is 0.443. The maximum Gasteiger partial charge on any atom is 0.338 e. The fourth-order valence-corrected chi connectivity index (χ4v) is 5.12. The second kappa shape index (κ2) is 11.0. The van der Waals surface area contributed by atoms with Crippen molar-refractivity contribution in [1.29, 1.82) is 0 Å². The van der Waals surface area contributed by atoms with Crippen molar-refractivity contribution in [3.8, 4) is 5.75 Å². The van der Waals surface area contributed by atoms with Gasteiger partial charge in [0.25, 0.3) is 5.56 Å². The minimum Gasteiger partial charge on any atom is -0.494 e. The highest BCUT2D eigenvalue weighted by atomic mass is 32.1. The average molecular weight is 521 g/mol. The number of thiazole rings is 1. The minimum absolute atomic E-state index is 0.276. The largest absolute Gasteiger partial charge is 0.494 e. The van der Waals surface area contributed by atoms with Crippen LogP contribution in [0.5, 0.6) is 5.75 Å². The molecule has 1 aliphatic heterocycles. The molecule has 192 valence electrons. The summed E-state index contributed by atoms with van der Waals surface area (Å²) in [7, 11) is 1.32. The Labute approximate surface area is 218 Å². The van der Waals surface area contributed by atoms with Gasteiger partial charge in [-0.2, -0.15) is 0 Å². The predicted octanol–water partition coefficient (Wildman–Crippen LogP) is 3.37. The van der Waals surface area contributed by atoms with Crippen LogP contribution in [0, 0.1) is 0 Å². The highest BCUT2D eigenvalue weighted by Gasteiger charge is 2.33. The van der Waals surface area contributed by atoms with E-state index in [0.29, 0.717) is 38.5 Å². The summed E-state index contributed by atoms with van der Waals surface area (Å²) in [5, 5.41) is 0. The molecule has 1 atom stereocenters. The van der Waals surface area contributed by atoms with Gasteiger partial charge < -0.3 is 14.2 Å². The molecule has 0 N–H and O–H groups in total. The monoisotopic (exact) mass is 520 g/mol. The van der Waals surface area contributed by atoms with Crippen molar-refractivity contribution in [1.82, 2.24) is 4.57 Å². The summed E-state index contributed by atoms with van der Waals surface area (Å²) >= 11 is 1.24. The van der Waals surface area contributed by atoms with Crippen molar-refractivity contribution < 1.29 is 23.8 Å². The molecule has 3 aromatic rings. The summed E-state index contributed by atoms with van der Waals surface area (Å²) < 4.78 is 17.8. The van der Waals surface area contributed by atoms with Crippen LogP contribution in [-0.2, 0) is 14.3 Å². The van der Waals surface area contributed by atoms with Gasteiger partial charge in [0.1, 0.15) is 5.75 Å². The lowest BCUT2D eigenvalue weighted by molar-refractivity contribution is -0.143. The number of methoxy groups -OCH3 is 1. The molecule has 0 spiro atoms. The highest BCUT2D eigenvalue weighted by molar-refractivity contribution is 7.07. The molecular weight excluding hydrogens is 492 g/mol. The average Bonchev–Trinajstić information content (AvgIpc) is 3.17. The summed E-state index contributed by atoms with van der Waals surface area (Å²) in [5.41, 5.74) is 2.44. The molecule has 0 unspecified atom stereocenters. The van der Waals surface area contributed by atoms with E-state index >= 15 is 0 Å². The number of esters is 2. The van der Waals surface area contributed by atoms with Gasteiger partial charge in [-0.25, -0.2) is 14.6 Å². The molecular formula is C28H28N2O6S. The molecule has 1 aliphatic rings. The van der Waals surface area contributed by atoms with E-state index in [-0.39, 0.29) is 11.7 Å². The number of hydrogen-bond donors (Lipinski definition) is 0. The summed E-state index contributed by atoms with van der Waals surface area (Å²) in [4.78, 5) is 43.7. The molecule has 0 saturated carbocycles. The maximum absolute atomic E-state index is 13.7. The molecule has 0 aliphatic carbocycles. The first-order chi connectivity index (χ1) is 17.7. The number of benzene rings is 2. The zero-order chi connectivity index (χ0) is 26.7. The number of allylic oxidation sites excluding steroid dienone is 1. The van der Waals surface area contributed by atoms with Crippen LogP contribution in [0.25, 0.3) is 6.08 Å². The van der Waals surface area contributed by atoms with Crippen molar-refractivity contribution in [2.45, 2.75) is 39.8 Å². The number of fused-ring (bicyclic) bond motifs is 1. The number of carbonyl (C=O) groups is 2. The van der Waals surface area contributed by atoms with Crippen molar-refractivity contribution >= 4 is 29.4 Å². The molecule has 0 saturated heterocycles. The molecule has 2 aromatic carbocycles. The molecule has 2 heterocycles. The first kappa shape index (κ1) is 26.1. The van der Waals surface area contributed by atoms with Crippen LogP contribution >= 0.6 is 11.3 Å². The number of rotatable bonds is 7. The Balaban J connectivity index is 1.85. The maximum atomic E-state index is 13.7. The first-order valence-electron chi connectivity index (χ1n) is 11.9. The second-order valence-electron chi connectivity index (χ2n) is 8.65. The van der Waals surface area contributed by atoms with E-state index in [1.807, 2.05) is 31.2 Å². The summed E-state index contributed by atoms with van der Waals surface area (Å²) in [6, 6.07) is 13.4. The van der Waals surface area contributed by atoms with Gasteiger partial charge in [0.15, 0.2) is 4.80 Å². The van der Waals surface area contributed by atoms with Crippen molar-refractivity contribution in [3.63, 3.8) is 0 Å². The molecule has 0 bridgehead atoms. The van der Waals surface area contributed by atoms with Crippen LogP contribution in [0.1, 0.15) is 55.2 Å². The Morgan fingerprint density at radius 2 is 1.76 bits per heavy atom. The number of nitrogens with zero attached hydrogens (tertiary/aromatic N) is 2. The van der Waals surface area contributed by atoms with Gasteiger partial charge in [0.05, 0.1) is 47.2 Å². The molecule has 9 heteroatoms. The van der Waals surface area contributed by atoms with E-state index in [9.17, 15) is 14.4 Å². The fraction of sp³-hybridized carbons (Fsp3) is 0.286. The van der Waals surface area contributed by atoms with Crippen molar-refractivity contribution in [3.05, 3.63) is 96.2 Å². The van der Waals surface area contributed by atoms with Gasteiger partial charge in [-0.05, 0) is 69.2 Å². The number of aromatic nitrogens is 1. The Morgan fingerprint density at radius 3 is 2.35 bits per heavy atom. The molecule has 37 heavy (non-hydrogen) atoms. The van der Waals surface area contributed by atoms with Crippen LogP contribution in [0.4, 0.5) is 0 Å². The molecule has 0 radical (unpaired) electrons. The SMILES string of the molecule is CCOc1ccc([C@@H]2C(C(=O)OC(C)C)=C(C)N=c3s/c(=C/c4ccc(C(=O)OC)cc4)c(=O)n32)cc1. The third-order valence-corrected chi connectivity index (χ3v) is 6.70. The van der Waals surface area contributed by atoms with Crippen LogP contribution in [0.15, 0.2) is 69.6 Å². The zero-order valence-electron chi connectivity index (χ0n) is 21.3. The van der Waals surface area contributed by atoms with Gasteiger partial charge in [0, 0.05) is 0 Å². The second-order valence-corrected chi connectivity index (χ2v) is 9.66. The molecule has 8 nitrogen and oxygen atoms in total. The number of carbonyl (C=O) groups excluding carboxylic acids is 2. The van der Waals surface area contributed by atoms with Crippen LogP contribution in [-0.4, -0.2) is 36.3 Å². The van der Waals surface area contributed by atoms with Crippen LogP contribution in [0.3, 0.4) is 0 Å². The van der Waals surface area contributed by atoms with Gasteiger partial charge in [-0.3, -0.25) is 9.36 Å². The third kappa shape index (κ3) is 5.41. The molecule has 0 fully saturated rings. The minimum atomic E-state index is -0.706. The standard InChI is InChI=1S/C28H28N2O6S/c1-6-35-21-13-11-19(12-14-21)24-23(27(33)36-16(2)3)17(4)29-28-30(24)25(31)22(37-28)15-18-7-9-20(10-8-18)26(32)34-5/h7-16,24H,6H2,1-5H3/b22-15+/t24-/m1/s1. The Bertz CT molecular complexity index is 1530. The topological polar surface area (TPSA) is 96.2 Å². The molecule has 1 aromatic heterocycles. The van der Waals surface area contributed by atoms with Gasteiger partial charge in [0.2, 0.25) is 0 Å². The molecule has 4 rings (SSSR count). The van der Waals surface area contributed by atoms with Gasteiger partial charge in [-0.1, -0.05) is 35.6 Å². The third-order valence-electron chi connectivity index (χ3n) is 5.72. The normalized spacial score (nSPS) is 15.3. The van der Waals surface area contributed by atoms with Gasteiger partial charge in [-0.15, -0.1) is 0 Å². The van der Waals surface area contributed by atoms with Crippen LogP contribution < -0.4 is 19.6 Å². The predicted molar refractivity (Wildman–Crippen MR) is 140 cm³/mol. The van der Waals surface area contributed by atoms with Crippen LogP contribution in [0.2, 0.25) is 0 Å². The summed E-state index contributed by atoms with van der Waals surface area (Å²) in [6.07, 6.45) is 1.41. The van der Waals surface area contributed by atoms with Crippen molar-refractivity contribution in [2.75, 3.05) is 13.7 Å². The van der Waals surface area contributed by atoms with E-state index in [0.717, 1.165) is 11.1 Å². The number of hydrogen-bond acceptors (Lipinski definition) is 8. The summed E-state index contributed by atoms with van der Waals surface area (Å²) in [6.45, 7) is 7.74. The van der Waals surface area contributed by atoms with E-state index in [1.54, 1.807) is 55.7 Å². The van der Waals surface area contributed by atoms with E-state index < -0.39 is 18.0 Å². The zero-order valence-corrected chi connectivity index (χ0v) is 22.1. The highest BCUT2D eigenvalue weighted by Crippen LogP contribution is 2.32. The summed E-state index contributed by atoms with van der Waals surface area (Å²) in [5.74, 6) is -0.249. The van der Waals surface area contributed by atoms with Gasteiger partial charge >= 0.3 is 11.9 Å². The van der Waals surface area contributed by atoms with Crippen molar-refractivity contribution in [2.24, 2.45) is 4.99 Å². The first-order valence-corrected chi connectivity index (χ1v) is 12.7. The van der Waals surface area contributed by atoms with E-state index in [2.05, 4.69) is 4.99 Å². The lowest BCUT2D eigenvalue weighted by Gasteiger charge is -2.25. The lowest BCUT2D eigenvalue weighted by Crippen LogP contribution is -2.40. The molecule has 0 amide bonds. The lowest BCUT2D eigenvalue weighted by atomic mass is 9.96. The Morgan fingerprint density at radius 1 is 1.08 bits per heavy atom.